The second-order valence-electron chi connectivity index (χ2n) is 5.09. The molecule has 0 atom stereocenters. The van der Waals surface area contributed by atoms with E-state index in [9.17, 15) is 9.18 Å². The van der Waals surface area contributed by atoms with Crippen LogP contribution < -0.4 is 10.6 Å². The predicted molar refractivity (Wildman–Crippen MR) is 87.4 cm³/mol. The minimum absolute atomic E-state index is 0.0340. The van der Waals surface area contributed by atoms with Gasteiger partial charge in [0.15, 0.2) is 0 Å². The first-order valence-electron chi connectivity index (χ1n) is 7.42. The van der Waals surface area contributed by atoms with E-state index in [4.69, 9.17) is 5.26 Å². The van der Waals surface area contributed by atoms with Gasteiger partial charge >= 0.3 is 0 Å². The van der Waals surface area contributed by atoms with Gasteiger partial charge in [0, 0.05) is 25.2 Å². The Morgan fingerprint density at radius 3 is 2.39 bits per heavy atom. The van der Waals surface area contributed by atoms with Gasteiger partial charge in [-0.2, -0.15) is 5.26 Å². The molecule has 2 N–H and O–H groups in total. The van der Waals surface area contributed by atoms with Crippen molar-refractivity contribution in [2.24, 2.45) is 0 Å². The number of carbonyl (C=O) groups is 1. The molecular weight excluding hydrogens is 293 g/mol. The van der Waals surface area contributed by atoms with Gasteiger partial charge in [0.2, 0.25) is 5.91 Å². The lowest BCUT2D eigenvalue weighted by molar-refractivity contribution is -0.120. The molecule has 0 heterocycles. The van der Waals surface area contributed by atoms with Crippen molar-refractivity contribution in [1.82, 2.24) is 5.32 Å². The van der Waals surface area contributed by atoms with Crippen LogP contribution in [0.5, 0.6) is 0 Å². The lowest BCUT2D eigenvalue weighted by atomic mass is 10.1. The average Bonchev–Trinajstić information content (AvgIpc) is 2.57. The number of halogens is 1. The summed E-state index contributed by atoms with van der Waals surface area (Å²) in [5.74, 6) is -0.292. The largest absolute Gasteiger partial charge is 0.385 e. The summed E-state index contributed by atoms with van der Waals surface area (Å²) in [5, 5.41) is 14.7. The molecule has 0 aliphatic carbocycles. The molecular formula is C18H18FN3O. The molecule has 0 aliphatic rings. The smallest absolute Gasteiger partial charge is 0.221 e. The van der Waals surface area contributed by atoms with Crippen LogP contribution in [0.2, 0.25) is 0 Å². The van der Waals surface area contributed by atoms with Crippen LogP contribution in [0.4, 0.5) is 10.1 Å². The lowest BCUT2D eigenvalue weighted by Crippen LogP contribution is -2.27. The molecule has 4 nitrogen and oxygen atoms in total. The van der Waals surface area contributed by atoms with E-state index >= 15 is 0 Å². The van der Waals surface area contributed by atoms with Crippen LogP contribution in [0.15, 0.2) is 48.5 Å². The maximum Gasteiger partial charge on any atom is 0.221 e. The van der Waals surface area contributed by atoms with E-state index in [0.717, 1.165) is 11.3 Å². The van der Waals surface area contributed by atoms with Gasteiger partial charge in [-0.05, 0) is 48.4 Å². The van der Waals surface area contributed by atoms with Crippen molar-refractivity contribution < 1.29 is 9.18 Å². The molecule has 0 unspecified atom stereocenters. The molecule has 23 heavy (non-hydrogen) atoms. The van der Waals surface area contributed by atoms with Crippen LogP contribution in [-0.4, -0.2) is 19.0 Å². The van der Waals surface area contributed by atoms with Gasteiger partial charge in [-0.15, -0.1) is 0 Å². The summed E-state index contributed by atoms with van der Waals surface area (Å²) in [7, 11) is 0. The Labute approximate surface area is 134 Å². The van der Waals surface area contributed by atoms with Crippen LogP contribution in [0, 0.1) is 17.1 Å². The van der Waals surface area contributed by atoms with Crippen molar-refractivity contribution in [3.63, 3.8) is 0 Å². The molecule has 118 valence electrons. The van der Waals surface area contributed by atoms with E-state index in [2.05, 4.69) is 16.7 Å². The number of anilines is 1. The summed E-state index contributed by atoms with van der Waals surface area (Å²) in [4.78, 5) is 11.7. The van der Waals surface area contributed by atoms with Crippen LogP contribution in [0.1, 0.15) is 17.5 Å². The Bertz CT molecular complexity index is 675. The summed E-state index contributed by atoms with van der Waals surface area (Å²) in [6.07, 6.45) is 1.04. The van der Waals surface area contributed by atoms with Gasteiger partial charge in [0.05, 0.1) is 11.6 Å². The summed E-state index contributed by atoms with van der Waals surface area (Å²) in [6, 6.07) is 15.4. The fourth-order valence-corrected chi connectivity index (χ4v) is 2.07. The Balaban J connectivity index is 1.63. The second-order valence-corrected chi connectivity index (χ2v) is 5.09. The first kappa shape index (κ1) is 16.5. The van der Waals surface area contributed by atoms with E-state index in [1.807, 2.05) is 12.1 Å². The SMILES string of the molecule is N#Cc1ccc(NCCC(=O)NCCc2ccc(F)cc2)cc1. The van der Waals surface area contributed by atoms with Crippen LogP contribution in [-0.2, 0) is 11.2 Å². The normalized spacial score (nSPS) is 9.91. The Hall–Kier alpha value is -2.87. The number of amides is 1. The zero-order chi connectivity index (χ0) is 16.5. The van der Waals surface area contributed by atoms with Crippen molar-refractivity contribution in [2.45, 2.75) is 12.8 Å². The quantitative estimate of drug-likeness (QED) is 0.826. The Morgan fingerprint density at radius 1 is 1.04 bits per heavy atom. The number of benzene rings is 2. The van der Waals surface area contributed by atoms with Crippen molar-refractivity contribution in [3.8, 4) is 6.07 Å². The Morgan fingerprint density at radius 2 is 1.74 bits per heavy atom. The van der Waals surface area contributed by atoms with Gasteiger partial charge in [0.1, 0.15) is 5.82 Å². The number of nitrogens with one attached hydrogen (secondary N) is 2. The minimum Gasteiger partial charge on any atom is -0.385 e. The van der Waals surface area contributed by atoms with Gasteiger partial charge in [-0.25, -0.2) is 4.39 Å². The van der Waals surface area contributed by atoms with Crippen LogP contribution >= 0.6 is 0 Å². The van der Waals surface area contributed by atoms with Crippen molar-refractivity contribution >= 4 is 11.6 Å². The van der Waals surface area contributed by atoms with E-state index in [1.54, 1.807) is 24.3 Å². The third-order valence-electron chi connectivity index (χ3n) is 3.34. The standard InChI is InChI=1S/C18H18FN3O/c19-16-5-1-14(2-6-16)9-11-22-18(23)10-12-21-17-7-3-15(13-20)4-8-17/h1-8,21H,9-12H2,(H,22,23). The second kappa shape index (κ2) is 8.54. The molecule has 2 rings (SSSR count). The molecule has 1 amide bonds. The van der Waals surface area contributed by atoms with E-state index in [0.29, 0.717) is 31.5 Å². The van der Waals surface area contributed by atoms with Gasteiger partial charge in [-0.1, -0.05) is 12.1 Å². The number of rotatable bonds is 7. The minimum atomic E-state index is -0.258. The molecule has 0 aliphatic heterocycles. The summed E-state index contributed by atoms with van der Waals surface area (Å²) < 4.78 is 12.8. The summed E-state index contributed by atoms with van der Waals surface area (Å²) in [6.45, 7) is 1.05. The third kappa shape index (κ3) is 5.79. The highest BCUT2D eigenvalue weighted by Crippen LogP contribution is 2.08. The number of carbonyl (C=O) groups excluding carboxylic acids is 1. The average molecular weight is 311 g/mol. The predicted octanol–water partition coefficient (Wildman–Crippen LogP) is 2.86. The van der Waals surface area contributed by atoms with Gasteiger partial charge < -0.3 is 10.6 Å². The fraction of sp³-hybridized carbons (Fsp3) is 0.222. The number of hydrogen-bond acceptors (Lipinski definition) is 3. The molecule has 0 aromatic heterocycles. The highest BCUT2D eigenvalue weighted by molar-refractivity contribution is 5.76. The molecule has 0 bridgehead atoms. The van der Waals surface area contributed by atoms with Crippen molar-refractivity contribution in [3.05, 3.63) is 65.5 Å². The lowest BCUT2D eigenvalue weighted by Gasteiger charge is -2.08. The first-order valence-corrected chi connectivity index (χ1v) is 7.42. The highest BCUT2D eigenvalue weighted by Gasteiger charge is 2.01. The molecule has 5 heteroatoms. The van der Waals surface area contributed by atoms with Crippen molar-refractivity contribution in [1.29, 1.82) is 5.26 Å². The van der Waals surface area contributed by atoms with E-state index < -0.39 is 0 Å². The maximum absolute atomic E-state index is 12.8. The van der Waals surface area contributed by atoms with Crippen molar-refractivity contribution in [2.75, 3.05) is 18.4 Å². The topological polar surface area (TPSA) is 64.9 Å². The molecule has 0 saturated heterocycles. The number of hydrogen-bond donors (Lipinski definition) is 2. The zero-order valence-corrected chi connectivity index (χ0v) is 12.7. The Kier molecular flexibility index (Phi) is 6.13. The number of nitrogens with zero attached hydrogens (tertiary/aromatic N) is 1. The third-order valence-corrected chi connectivity index (χ3v) is 3.34. The molecule has 2 aromatic rings. The monoisotopic (exact) mass is 311 g/mol. The molecule has 0 saturated carbocycles. The van der Waals surface area contributed by atoms with Gasteiger partial charge in [-0.3, -0.25) is 4.79 Å². The van der Waals surface area contributed by atoms with Crippen LogP contribution in [0.3, 0.4) is 0 Å². The molecule has 2 aromatic carbocycles. The molecule has 0 fully saturated rings. The van der Waals surface area contributed by atoms with Gasteiger partial charge in [0.25, 0.3) is 0 Å². The maximum atomic E-state index is 12.8. The molecule has 0 spiro atoms. The highest BCUT2D eigenvalue weighted by atomic mass is 19.1. The zero-order valence-electron chi connectivity index (χ0n) is 12.7. The van der Waals surface area contributed by atoms with Crippen LogP contribution in [0.25, 0.3) is 0 Å². The molecule has 0 radical (unpaired) electrons. The fourth-order valence-electron chi connectivity index (χ4n) is 2.07. The number of nitriles is 1. The van der Waals surface area contributed by atoms with E-state index in [-0.39, 0.29) is 11.7 Å². The summed E-state index contributed by atoms with van der Waals surface area (Å²) in [5.41, 5.74) is 2.47. The summed E-state index contributed by atoms with van der Waals surface area (Å²) >= 11 is 0. The van der Waals surface area contributed by atoms with E-state index in [1.165, 1.54) is 12.1 Å². The first-order chi connectivity index (χ1) is 11.2.